The van der Waals surface area contributed by atoms with E-state index in [2.05, 4.69) is 0 Å². The van der Waals surface area contributed by atoms with Crippen molar-refractivity contribution in [1.82, 2.24) is 0 Å². The molecule has 0 saturated heterocycles. The van der Waals surface area contributed by atoms with E-state index in [-0.39, 0.29) is 11.5 Å². The second-order valence-electron chi connectivity index (χ2n) is 3.34. The fraction of sp³-hybridized carbons (Fsp3) is 0.500. The Bertz CT molecular complexity index is 338. The molecule has 0 saturated carbocycles. The maximum Gasteiger partial charge on any atom is 0.338 e. The Morgan fingerprint density at radius 3 is 2.46 bits per heavy atom. The normalized spacial score (nSPS) is 15.4. The number of aliphatic hydroxyl groups excluding tert-OH is 1. The Morgan fingerprint density at radius 1 is 1.38 bits per heavy atom. The van der Waals surface area contributed by atoms with Crippen molar-refractivity contribution >= 4 is 0 Å². The van der Waals surface area contributed by atoms with E-state index < -0.39 is 6.10 Å². The molecule has 1 rings (SSSR count). The van der Waals surface area contributed by atoms with Gasteiger partial charge in [0, 0.05) is 11.5 Å². The van der Waals surface area contributed by atoms with Gasteiger partial charge < -0.3 is 9.52 Å². The minimum Gasteiger partial charge on any atom is -0.427 e. The summed E-state index contributed by atoms with van der Waals surface area (Å²) in [6.45, 7) is 5.19. The van der Waals surface area contributed by atoms with E-state index in [1.54, 1.807) is 26.0 Å². The molecule has 1 aromatic rings. The van der Waals surface area contributed by atoms with Crippen molar-refractivity contribution in [1.29, 1.82) is 0 Å². The highest BCUT2D eigenvalue weighted by Crippen LogP contribution is 2.17. The monoisotopic (exact) mass is 182 g/mol. The second-order valence-corrected chi connectivity index (χ2v) is 3.34. The van der Waals surface area contributed by atoms with Gasteiger partial charge in [0.1, 0.15) is 5.76 Å². The standard InChI is InChI=1S/C10H14O3/c1-6-4-5-9(13-10(6)12)7(2)8(3)11/h4-5,7-8,11H,1-3H3. The molecule has 0 radical (unpaired) electrons. The molecule has 0 bridgehead atoms. The molecule has 2 atom stereocenters. The third kappa shape index (κ3) is 2.18. The van der Waals surface area contributed by atoms with Gasteiger partial charge in [-0.05, 0) is 26.0 Å². The van der Waals surface area contributed by atoms with E-state index in [4.69, 9.17) is 4.42 Å². The number of rotatable bonds is 2. The lowest BCUT2D eigenvalue weighted by Gasteiger charge is -2.12. The Balaban J connectivity index is 3.04. The first-order valence-corrected chi connectivity index (χ1v) is 4.31. The van der Waals surface area contributed by atoms with Gasteiger partial charge in [-0.25, -0.2) is 4.79 Å². The van der Waals surface area contributed by atoms with Crippen LogP contribution in [-0.2, 0) is 0 Å². The fourth-order valence-corrected chi connectivity index (χ4v) is 0.979. The van der Waals surface area contributed by atoms with Crippen molar-refractivity contribution in [2.24, 2.45) is 0 Å². The molecule has 2 unspecified atom stereocenters. The summed E-state index contributed by atoms with van der Waals surface area (Å²) in [6.07, 6.45) is -0.508. The molecular formula is C10H14O3. The zero-order valence-electron chi connectivity index (χ0n) is 8.07. The van der Waals surface area contributed by atoms with Gasteiger partial charge in [0.05, 0.1) is 6.10 Å². The van der Waals surface area contributed by atoms with Gasteiger partial charge in [-0.15, -0.1) is 0 Å². The van der Waals surface area contributed by atoms with Crippen molar-refractivity contribution in [3.05, 3.63) is 33.9 Å². The van der Waals surface area contributed by atoms with E-state index in [1.807, 2.05) is 6.92 Å². The molecule has 1 heterocycles. The van der Waals surface area contributed by atoms with Crippen LogP contribution in [-0.4, -0.2) is 11.2 Å². The summed E-state index contributed by atoms with van der Waals surface area (Å²) in [5, 5.41) is 9.27. The maximum atomic E-state index is 11.1. The lowest BCUT2D eigenvalue weighted by Crippen LogP contribution is -2.14. The summed E-state index contributed by atoms with van der Waals surface area (Å²) in [6, 6.07) is 3.44. The van der Waals surface area contributed by atoms with Gasteiger partial charge in [-0.3, -0.25) is 0 Å². The van der Waals surface area contributed by atoms with Crippen LogP contribution in [0.3, 0.4) is 0 Å². The molecule has 3 nitrogen and oxygen atoms in total. The van der Waals surface area contributed by atoms with E-state index >= 15 is 0 Å². The smallest absolute Gasteiger partial charge is 0.338 e. The first-order chi connectivity index (χ1) is 6.02. The van der Waals surface area contributed by atoms with Gasteiger partial charge in [0.15, 0.2) is 0 Å². The minimum absolute atomic E-state index is 0.145. The van der Waals surface area contributed by atoms with Gasteiger partial charge in [-0.2, -0.15) is 0 Å². The molecule has 72 valence electrons. The van der Waals surface area contributed by atoms with Crippen LogP contribution in [0.5, 0.6) is 0 Å². The molecule has 13 heavy (non-hydrogen) atoms. The van der Waals surface area contributed by atoms with Crippen molar-refractivity contribution < 1.29 is 9.52 Å². The average molecular weight is 182 g/mol. The highest BCUT2D eigenvalue weighted by atomic mass is 16.4. The van der Waals surface area contributed by atoms with Gasteiger partial charge in [0.25, 0.3) is 0 Å². The summed E-state index contributed by atoms with van der Waals surface area (Å²) < 4.78 is 5.02. The summed E-state index contributed by atoms with van der Waals surface area (Å²) in [7, 11) is 0. The largest absolute Gasteiger partial charge is 0.427 e. The van der Waals surface area contributed by atoms with Crippen LogP contribution >= 0.6 is 0 Å². The second kappa shape index (κ2) is 3.75. The number of hydrogen-bond acceptors (Lipinski definition) is 3. The van der Waals surface area contributed by atoms with Crippen LogP contribution in [0.4, 0.5) is 0 Å². The Kier molecular flexibility index (Phi) is 2.88. The predicted molar refractivity (Wildman–Crippen MR) is 49.8 cm³/mol. The summed E-state index contributed by atoms with van der Waals surface area (Å²) in [5.41, 5.74) is 0.256. The van der Waals surface area contributed by atoms with Crippen LogP contribution < -0.4 is 5.63 Å². The van der Waals surface area contributed by atoms with Gasteiger partial charge in [0.2, 0.25) is 0 Å². The van der Waals surface area contributed by atoms with Crippen LogP contribution in [0.25, 0.3) is 0 Å². The molecule has 0 fully saturated rings. The quantitative estimate of drug-likeness (QED) is 0.752. The van der Waals surface area contributed by atoms with Gasteiger partial charge >= 0.3 is 5.63 Å². The van der Waals surface area contributed by atoms with Gasteiger partial charge in [-0.1, -0.05) is 6.92 Å². The highest BCUT2D eigenvalue weighted by molar-refractivity contribution is 5.12. The summed E-state index contributed by atoms with van der Waals surface area (Å²) in [4.78, 5) is 11.1. The Morgan fingerprint density at radius 2 is 2.00 bits per heavy atom. The topological polar surface area (TPSA) is 50.4 Å². The zero-order valence-corrected chi connectivity index (χ0v) is 8.07. The number of aryl methyl sites for hydroxylation is 1. The van der Waals surface area contributed by atoms with Crippen molar-refractivity contribution in [3.8, 4) is 0 Å². The molecule has 0 spiro atoms. The molecule has 0 amide bonds. The molecular weight excluding hydrogens is 168 g/mol. The van der Waals surface area contributed by atoms with Crippen LogP contribution in [0.1, 0.15) is 31.1 Å². The molecule has 0 aliphatic heterocycles. The van der Waals surface area contributed by atoms with E-state index in [9.17, 15) is 9.90 Å². The first-order valence-electron chi connectivity index (χ1n) is 4.31. The minimum atomic E-state index is -0.508. The lowest BCUT2D eigenvalue weighted by atomic mass is 10.0. The molecule has 0 aromatic carbocycles. The highest BCUT2D eigenvalue weighted by Gasteiger charge is 2.14. The Labute approximate surface area is 77.0 Å². The molecule has 0 aliphatic rings. The van der Waals surface area contributed by atoms with Crippen molar-refractivity contribution in [3.63, 3.8) is 0 Å². The SMILES string of the molecule is Cc1ccc(C(C)C(C)O)oc1=O. The lowest BCUT2D eigenvalue weighted by molar-refractivity contribution is 0.156. The molecule has 3 heteroatoms. The van der Waals surface area contributed by atoms with E-state index in [0.29, 0.717) is 11.3 Å². The maximum absolute atomic E-state index is 11.1. The number of aliphatic hydroxyl groups is 1. The molecule has 1 N–H and O–H groups in total. The average Bonchev–Trinajstić information content (AvgIpc) is 2.08. The third-order valence-electron chi connectivity index (χ3n) is 2.20. The van der Waals surface area contributed by atoms with Crippen LogP contribution in [0.15, 0.2) is 21.3 Å². The fourth-order valence-electron chi connectivity index (χ4n) is 0.979. The van der Waals surface area contributed by atoms with Crippen LogP contribution in [0, 0.1) is 6.92 Å². The summed E-state index contributed by atoms with van der Waals surface area (Å²) in [5.74, 6) is 0.388. The zero-order chi connectivity index (χ0) is 10.0. The number of hydrogen-bond donors (Lipinski definition) is 1. The third-order valence-corrected chi connectivity index (χ3v) is 2.20. The first kappa shape index (κ1) is 9.99. The van der Waals surface area contributed by atoms with Crippen molar-refractivity contribution in [2.75, 3.05) is 0 Å². The predicted octanol–water partition coefficient (Wildman–Crippen LogP) is 1.43. The molecule has 0 aliphatic carbocycles. The van der Waals surface area contributed by atoms with E-state index in [1.165, 1.54) is 0 Å². The van der Waals surface area contributed by atoms with Crippen LogP contribution in [0.2, 0.25) is 0 Å². The van der Waals surface area contributed by atoms with E-state index in [0.717, 1.165) is 0 Å². The summed E-state index contributed by atoms with van der Waals surface area (Å²) >= 11 is 0. The molecule has 1 aromatic heterocycles. The van der Waals surface area contributed by atoms with Crippen molar-refractivity contribution in [2.45, 2.75) is 32.8 Å². The Hall–Kier alpha value is -1.09.